The van der Waals surface area contributed by atoms with Gasteiger partial charge in [-0.1, -0.05) is 99.8 Å². The van der Waals surface area contributed by atoms with Gasteiger partial charge in [0.15, 0.2) is 0 Å². The lowest BCUT2D eigenvalue weighted by molar-refractivity contribution is -0.144. The summed E-state index contributed by atoms with van der Waals surface area (Å²) in [5.41, 5.74) is 0. The van der Waals surface area contributed by atoms with Gasteiger partial charge >= 0.3 is 36.0 Å². The monoisotopic (exact) mass is 1490 g/mol. The zero-order valence-electron chi connectivity index (χ0n) is 63.3. The second-order valence-electron chi connectivity index (χ2n) is 25.2. The number of hydrogen-bond donors (Lipinski definition) is 9. The Bertz CT molecular complexity index is 2810. The Morgan fingerprint density at radius 3 is 0.790 bits per heavy atom. The van der Waals surface area contributed by atoms with Gasteiger partial charge in [-0.25, -0.2) is 29.1 Å². The van der Waals surface area contributed by atoms with E-state index in [1.54, 1.807) is 104 Å². The number of amides is 15. The molecule has 0 aromatic carbocycles. The largest absolute Gasteiger partial charge is 0.465 e. The number of likely N-dealkylation sites (N-methyl/N-ethyl adjacent to an activating group) is 3. The van der Waals surface area contributed by atoms with Crippen molar-refractivity contribution in [1.29, 1.82) is 0 Å². The fourth-order valence-corrected chi connectivity index (χ4v) is 11.2. The van der Waals surface area contributed by atoms with Crippen molar-refractivity contribution in [1.82, 2.24) is 77.3 Å². The molecule has 0 spiro atoms. The SMILES string of the molecule is C=CCNC(=O)C(=O)C(CCC)NC(=O)C1CN(CC(=O)OCC)C(=O)N1C(=O)C(NC)C(C)C.C=CCNC(=O)C(=O)C(CCC)NC(=O)C1CN(CC(=O)OCC)C(=O)N1C(=O)C(NC)C(C)C.C=CCNC(=O)C(=O)C(CCC)NC(=O)C1CN(CC(=O)OCC)C(=O)N1C(=O)C(NC)C(C)C. The maximum atomic E-state index is 13.3. The molecule has 3 saturated heterocycles. The first kappa shape index (κ1) is 93.2. The Morgan fingerprint density at radius 2 is 0.619 bits per heavy atom. The van der Waals surface area contributed by atoms with Gasteiger partial charge in [-0.15, -0.1) is 19.7 Å². The zero-order chi connectivity index (χ0) is 80.1. The van der Waals surface area contributed by atoms with E-state index in [2.05, 4.69) is 67.6 Å². The Balaban J connectivity index is 0.000000787. The minimum atomic E-state index is -1.30. The van der Waals surface area contributed by atoms with E-state index in [1.807, 2.05) is 0 Å². The van der Waals surface area contributed by atoms with Crippen molar-refractivity contribution >= 4 is 107 Å². The molecule has 15 amide bonds. The maximum Gasteiger partial charge on any atom is 0.328 e. The molecule has 0 aliphatic carbocycles. The molecule has 3 heterocycles. The summed E-state index contributed by atoms with van der Waals surface area (Å²) in [6.07, 6.45) is 6.24. The Hall–Kier alpha value is -9.84. The van der Waals surface area contributed by atoms with Gasteiger partial charge in [0.05, 0.1) is 75.7 Å². The van der Waals surface area contributed by atoms with Crippen molar-refractivity contribution in [3.63, 3.8) is 0 Å². The van der Waals surface area contributed by atoms with Crippen LogP contribution >= 0.6 is 0 Å². The third kappa shape index (κ3) is 27.6. The molecule has 105 heavy (non-hydrogen) atoms. The normalized spacial score (nSPS) is 17.1. The number of ketones is 3. The van der Waals surface area contributed by atoms with Crippen LogP contribution in [0.25, 0.3) is 0 Å². The predicted molar refractivity (Wildman–Crippen MR) is 381 cm³/mol. The lowest BCUT2D eigenvalue weighted by Crippen LogP contribution is -2.57. The highest BCUT2D eigenvalue weighted by Crippen LogP contribution is 2.24. The molecule has 0 aromatic heterocycles. The van der Waals surface area contributed by atoms with Crippen LogP contribution < -0.4 is 47.9 Å². The van der Waals surface area contributed by atoms with E-state index in [-0.39, 0.29) is 96.1 Å². The molecule has 3 rings (SSSR count). The van der Waals surface area contributed by atoms with Gasteiger partial charge in [0.25, 0.3) is 17.7 Å². The fraction of sp³-hybridized carbons (Fsp3) is 0.652. The summed E-state index contributed by atoms with van der Waals surface area (Å²) < 4.78 is 14.7. The lowest BCUT2D eigenvalue weighted by atomic mass is 10.0. The summed E-state index contributed by atoms with van der Waals surface area (Å²) in [4.78, 5) is 235. The van der Waals surface area contributed by atoms with Crippen LogP contribution in [0.3, 0.4) is 0 Å². The summed E-state index contributed by atoms with van der Waals surface area (Å²) in [5, 5.41) is 23.2. The fourth-order valence-electron chi connectivity index (χ4n) is 11.2. The number of hydrogen-bond acceptors (Lipinski definition) is 24. The topological polar surface area (TPSA) is 463 Å². The van der Waals surface area contributed by atoms with Gasteiger partial charge in [-0.3, -0.25) is 71.9 Å². The number of carbonyl (C=O) groups excluding carboxylic acids is 18. The van der Waals surface area contributed by atoms with E-state index in [9.17, 15) is 86.3 Å². The quantitative estimate of drug-likeness (QED) is 0.0149. The highest BCUT2D eigenvalue weighted by Gasteiger charge is 2.52. The first-order chi connectivity index (χ1) is 49.6. The second kappa shape index (κ2) is 47.5. The van der Waals surface area contributed by atoms with Gasteiger partial charge in [0.2, 0.25) is 52.8 Å². The second-order valence-corrected chi connectivity index (χ2v) is 25.2. The summed E-state index contributed by atoms with van der Waals surface area (Å²) >= 11 is 0. The highest BCUT2D eigenvalue weighted by molar-refractivity contribution is 6.39. The van der Waals surface area contributed by atoms with Crippen molar-refractivity contribution in [2.24, 2.45) is 17.8 Å². The number of Topliss-reactive ketones (excluding diaryl/α,β-unsaturated/α-hetero) is 3. The molecule has 9 unspecified atom stereocenters. The number of ether oxygens (including phenoxy) is 3. The summed E-state index contributed by atoms with van der Waals surface area (Å²) in [5.74, 6) is -12.1. The molecule has 0 aromatic rings. The van der Waals surface area contributed by atoms with Gasteiger partial charge < -0.3 is 76.8 Å². The van der Waals surface area contributed by atoms with Crippen LogP contribution in [0, 0.1) is 17.8 Å². The molecular formula is C69H111N15O21. The molecular weight excluding hydrogens is 1370 g/mol. The van der Waals surface area contributed by atoms with Crippen molar-refractivity contribution in [2.75, 3.05) is 99.9 Å². The molecule has 9 atom stereocenters. The standard InChI is InChI=1S/3C23H37N5O7/c3*1-7-10-15(19(30)21(32)25-11-8-2)26-20(31)16-12-27(13-17(29)35-9-3)23(34)28(16)22(33)18(24-6)14(4)5/h3*8,14-16,18,24H,2,7,9-13H2,1,3-6H3,(H,25,32)(H,26,31). The van der Waals surface area contributed by atoms with Crippen LogP contribution in [0.1, 0.15) is 122 Å². The number of urea groups is 3. The minimum Gasteiger partial charge on any atom is -0.465 e. The third-order valence-corrected chi connectivity index (χ3v) is 16.3. The van der Waals surface area contributed by atoms with Crippen molar-refractivity contribution in [3.05, 3.63) is 38.0 Å². The lowest BCUT2D eigenvalue weighted by Gasteiger charge is -2.28. The maximum absolute atomic E-state index is 13.3. The van der Waals surface area contributed by atoms with Gasteiger partial charge in [-0.2, -0.15) is 0 Å². The Kier molecular flexibility index (Phi) is 42.2. The average Bonchev–Trinajstić information content (AvgIpc) is 1.66. The molecule has 0 radical (unpaired) electrons. The molecule has 9 N–H and O–H groups in total. The van der Waals surface area contributed by atoms with E-state index >= 15 is 0 Å². The minimum absolute atomic E-state index is 0.0835. The third-order valence-electron chi connectivity index (χ3n) is 16.3. The van der Waals surface area contributed by atoms with E-state index in [0.717, 1.165) is 29.4 Å². The molecule has 588 valence electrons. The Morgan fingerprint density at radius 1 is 0.400 bits per heavy atom. The molecule has 36 nitrogen and oxygen atoms in total. The number of nitrogens with zero attached hydrogens (tertiary/aromatic N) is 6. The number of imide groups is 3. The number of carbonyl (C=O) groups is 18. The van der Waals surface area contributed by atoms with Crippen molar-refractivity contribution in [2.45, 2.75) is 176 Å². The molecule has 3 fully saturated rings. The molecule has 0 bridgehead atoms. The van der Waals surface area contributed by atoms with Crippen LogP contribution in [-0.4, -0.2) is 290 Å². The first-order valence-electron chi connectivity index (χ1n) is 35.1. The highest BCUT2D eigenvalue weighted by atomic mass is 16.5. The van der Waals surface area contributed by atoms with Crippen LogP contribution in [0.5, 0.6) is 0 Å². The van der Waals surface area contributed by atoms with E-state index < -0.39 is 181 Å². The zero-order valence-corrected chi connectivity index (χ0v) is 63.3. The summed E-state index contributed by atoms with van der Waals surface area (Å²) in [6, 6.07) is -12.1. The number of nitrogens with one attached hydrogen (secondary N) is 9. The van der Waals surface area contributed by atoms with E-state index in [4.69, 9.17) is 14.2 Å². The predicted octanol–water partition coefficient (Wildman–Crippen LogP) is -1.25. The molecule has 0 saturated carbocycles. The van der Waals surface area contributed by atoms with Crippen LogP contribution in [-0.2, 0) is 86.1 Å². The number of rotatable bonds is 42. The smallest absolute Gasteiger partial charge is 0.328 e. The van der Waals surface area contributed by atoms with E-state index in [1.165, 1.54) is 18.2 Å². The van der Waals surface area contributed by atoms with Crippen molar-refractivity contribution < 1.29 is 101 Å². The molecule has 3 aliphatic rings. The summed E-state index contributed by atoms with van der Waals surface area (Å²) in [7, 11) is 4.69. The average molecular weight is 1490 g/mol. The van der Waals surface area contributed by atoms with Crippen molar-refractivity contribution in [3.8, 4) is 0 Å². The Labute approximate surface area is 613 Å². The van der Waals surface area contributed by atoms with Crippen LogP contribution in [0.2, 0.25) is 0 Å². The van der Waals surface area contributed by atoms with Crippen LogP contribution in [0.4, 0.5) is 14.4 Å². The van der Waals surface area contributed by atoms with Gasteiger partial charge in [0, 0.05) is 19.6 Å². The van der Waals surface area contributed by atoms with E-state index in [0.29, 0.717) is 19.3 Å². The summed E-state index contributed by atoms with van der Waals surface area (Å²) in [6.45, 7) is 29.8. The first-order valence-corrected chi connectivity index (χ1v) is 35.1. The number of esters is 3. The van der Waals surface area contributed by atoms with Gasteiger partial charge in [0.1, 0.15) is 37.8 Å². The molecule has 36 heteroatoms. The van der Waals surface area contributed by atoms with Gasteiger partial charge in [-0.05, 0) is 78.9 Å². The molecule has 3 aliphatic heterocycles. The van der Waals surface area contributed by atoms with Crippen LogP contribution in [0.15, 0.2) is 38.0 Å².